The van der Waals surface area contributed by atoms with Crippen LogP contribution in [0.2, 0.25) is 0 Å². The minimum Gasteiger partial charge on any atom is -0.481 e. The fraction of sp³-hybridized carbons (Fsp3) is 0.438. The number of para-hydroxylation sites is 1. The van der Waals surface area contributed by atoms with Crippen LogP contribution in [0.25, 0.3) is 10.9 Å². The molecule has 0 radical (unpaired) electrons. The largest absolute Gasteiger partial charge is 0.481 e. The highest BCUT2D eigenvalue weighted by molar-refractivity contribution is 8.17. The third-order valence-electron chi connectivity index (χ3n) is 4.56. The second kappa shape index (κ2) is 5.51. The van der Waals surface area contributed by atoms with Crippen molar-refractivity contribution in [1.29, 1.82) is 0 Å². The number of aliphatic carboxylic acids is 1. The zero-order chi connectivity index (χ0) is 16.0. The summed E-state index contributed by atoms with van der Waals surface area (Å²) in [6.07, 6.45) is 4.76. The normalized spacial score (nSPS) is 23.4. The molecule has 0 spiro atoms. The fourth-order valence-corrected chi connectivity index (χ4v) is 6.12. The molecule has 118 valence electrons. The predicted octanol–water partition coefficient (Wildman–Crippen LogP) is 3.20. The van der Waals surface area contributed by atoms with Gasteiger partial charge in [0.25, 0.3) is 0 Å². The van der Waals surface area contributed by atoms with Crippen LogP contribution in [0.1, 0.15) is 24.1 Å². The molecule has 6 heteroatoms. The number of H-pyrrole nitrogens is 1. The van der Waals surface area contributed by atoms with E-state index < -0.39 is 15.6 Å². The van der Waals surface area contributed by atoms with Crippen LogP contribution in [0.3, 0.4) is 0 Å². The number of nitrogens with one attached hydrogen (secondary N) is 1. The monoisotopic (exact) mass is 337 g/mol. The van der Waals surface area contributed by atoms with Crippen LogP contribution >= 0.6 is 23.5 Å². The Balaban J connectivity index is 2.24. The molecule has 1 aromatic heterocycles. The van der Waals surface area contributed by atoms with Gasteiger partial charge in [-0.05, 0) is 37.0 Å². The standard InChI is InChI=1S/C16H19NO3S2/c1-21-16(22-2)14-11(7-8-15(16,20)9-13(18)19)10-5-3-4-6-12(10)17-14/h3-6,17,20H,7-9H2,1-2H3,(H,18,19). The van der Waals surface area contributed by atoms with Crippen molar-refractivity contribution in [2.75, 3.05) is 12.5 Å². The van der Waals surface area contributed by atoms with Gasteiger partial charge in [0.15, 0.2) is 0 Å². The summed E-state index contributed by atoms with van der Waals surface area (Å²) in [5, 5.41) is 21.6. The van der Waals surface area contributed by atoms with Crippen molar-refractivity contribution in [1.82, 2.24) is 4.98 Å². The lowest BCUT2D eigenvalue weighted by Crippen LogP contribution is -2.52. The number of hydrogen-bond acceptors (Lipinski definition) is 4. The zero-order valence-corrected chi connectivity index (χ0v) is 14.2. The van der Waals surface area contributed by atoms with Gasteiger partial charge in [-0.1, -0.05) is 18.2 Å². The van der Waals surface area contributed by atoms with Crippen LogP contribution in [0.5, 0.6) is 0 Å². The maximum atomic E-state index is 11.3. The second-order valence-electron chi connectivity index (χ2n) is 5.65. The molecular formula is C16H19NO3S2. The lowest BCUT2D eigenvalue weighted by atomic mass is 9.80. The van der Waals surface area contributed by atoms with Crippen molar-refractivity contribution >= 4 is 40.4 Å². The second-order valence-corrected chi connectivity index (χ2v) is 7.95. The van der Waals surface area contributed by atoms with Gasteiger partial charge in [-0.15, -0.1) is 23.5 Å². The summed E-state index contributed by atoms with van der Waals surface area (Å²) in [6.45, 7) is 0. The minimum absolute atomic E-state index is 0.247. The number of benzene rings is 1. The molecule has 0 amide bonds. The first-order chi connectivity index (χ1) is 10.5. The molecule has 22 heavy (non-hydrogen) atoms. The van der Waals surface area contributed by atoms with Gasteiger partial charge < -0.3 is 15.2 Å². The number of hydrogen-bond donors (Lipinski definition) is 3. The van der Waals surface area contributed by atoms with Crippen LogP contribution in [-0.4, -0.2) is 39.3 Å². The summed E-state index contributed by atoms with van der Waals surface area (Å²) in [5.74, 6) is -0.963. The highest BCUT2D eigenvalue weighted by atomic mass is 32.2. The van der Waals surface area contributed by atoms with Gasteiger partial charge in [0, 0.05) is 16.6 Å². The van der Waals surface area contributed by atoms with Gasteiger partial charge in [-0.2, -0.15) is 0 Å². The summed E-state index contributed by atoms with van der Waals surface area (Å²) in [7, 11) is 0. The molecule has 3 N–H and O–H groups in total. The molecular weight excluding hydrogens is 318 g/mol. The first kappa shape index (κ1) is 15.8. The molecule has 1 atom stereocenters. The van der Waals surface area contributed by atoms with E-state index in [1.54, 1.807) is 0 Å². The number of carbonyl (C=O) groups is 1. The SMILES string of the molecule is CSC1(SC)c2[nH]c3ccccc3c2CCC1(O)CC(=O)O. The third-order valence-corrected chi connectivity index (χ3v) is 7.88. The molecule has 0 aliphatic heterocycles. The predicted molar refractivity (Wildman–Crippen MR) is 92.5 cm³/mol. The minimum atomic E-state index is -1.27. The Morgan fingerprint density at radius 3 is 2.64 bits per heavy atom. The molecule has 1 heterocycles. The van der Waals surface area contributed by atoms with Crippen LogP contribution in [0.15, 0.2) is 24.3 Å². The molecule has 4 nitrogen and oxygen atoms in total. The molecule has 0 saturated carbocycles. The lowest BCUT2D eigenvalue weighted by Gasteiger charge is -2.47. The molecule has 0 bridgehead atoms. The van der Waals surface area contributed by atoms with E-state index in [0.717, 1.165) is 11.2 Å². The van der Waals surface area contributed by atoms with Crippen molar-refractivity contribution in [2.45, 2.75) is 28.9 Å². The van der Waals surface area contributed by atoms with E-state index >= 15 is 0 Å². The number of rotatable bonds is 4. The Labute approximate surface area is 137 Å². The summed E-state index contributed by atoms with van der Waals surface area (Å²) >= 11 is 3.04. The number of thioether (sulfide) groups is 2. The summed E-state index contributed by atoms with van der Waals surface area (Å²) < 4.78 is -0.696. The number of aryl methyl sites for hydroxylation is 1. The molecule has 1 unspecified atom stereocenters. The van der Waals surface area contributed by atoms with Gasteiger partial charge >= 0.3 is 5.97 Å². The van der Waals surface area contributed by atoms with E-state index in [2.05, 4.69) is 11.1 Å². The number of aromatic amines is 1. The van der Waals surface area contributed by atoms with Gasteiger partial charge in [0.2, 0.25) is 0 Å². The summed E-state index contributed by atoms with van der Waals surface area (Å²) in [5.41, 5.74) is 1.93. The van der Waals surface area contributed by atoms with Crippen molar-refractivity contribution in [3.05, 3.63) is 35.5 Å². The Morgan fingerprint density at radius 1 is 1.32 bits per heavy atom. The topological polar surface area (TPSA) is 73.3 Å². The van der Waals surface area contributed by atoms with E-state index in [9.17, 15) is 15.0 Å². The maximum absolute atomic E-state index is 11.3. The van der Waals surface area contributed by atoms with Gasteiger partial charge in [-0.25, -0.2) is 0 Å². The number of fused-ring (bicyclic) bond motifs is 3. The summed E-state index contributed by atoms with van der Waals surface area (Å²) in [4.78, 5) is 14.7. The highest BCUT2D eigenvalue weighted by Gasteiger charge is 2.56. The molecule has 1 aliphatic carbocycles. The number of carboxylic acid groups (broad SMARTS) is 1. The van der Waals surface area contributed by atoms with Crippen LogP contribution in [0, 0.1) is 0 Å². The fourth-order valence-electron chi connectivity index (χ4n) is 3.59. The van der Waals surface area contributed by atoms with E-state index in [0.29, 0.717) is 12.8 Å². The Morgan fingerprint density at radius 2 is 2.00 bits per heavy atom. The van der Waals surface area contributed by atoms with E-state index in [4.69, 9.17) is 0 Å². The highest BCUT2D eigenvalue weighted by Crippen LogP contribution is 2.58. The molecule has 0 fully saturated rings. The molecule has 1 aliphatic rings. The number of carboxylic acids is 1. The Bertz CT molecular complexity index is 723. The van der Waals surface area contributed by atoms with Crippen molar-refractivity contribution in [3.8, 4) is 0 Å². The van der Waals surface area contributed by atoms with Gasteiger partial charge in [-0.3, -0.25) is 4.79 Å². The molecule has 0 saturated heterocycles. The van der Waals surface area contributed by atoms with Crippen LogP contribution < -0.4 is 0 Å². The van der Waals surface area contributed by atoms with Crippen LogP contribution in [0.4, 0.5) is 0 Å². The number of aromatic nitrogens is 1. The lowest BCUT2D eigenvalue weighted by molar-refractivity contribution is -0.143. The van der Waals surface area contributed by atoms with E-state index in [1.165, 1.54) is 34.5 Å². The Kier molecular flexibility index (Phi) is 3.95. The summed E-state index contributed by atoms with van der Waals surface area (Å²) in [6, 6.07) is 8.09. The van der Waals surface area contributed by atoms with Crippen LogP contribution in [-0.2, 0) is 15.3 Å². The van der Waals surface area contributed by atoms with E-state index in [-0.39, 0.29) is 6.42 Å². The van der Waals surface area contributed by atoms with E-state index in [1.807, 2.05) is 30.7 Å². The van der Waals surface area contributed by atoms with Gasteiger partial charge in [0.1, 0.15) is 9.68 Å². The smallest absolute Gasteiger partial charge is 0.306 e. The number of aliphatic hydroxyl groups is 1. The quantitative estimate of drug-likeness (QED) is 0.747. The Hall–Kier alpha value is -1.11. The maximum Gasteiger partial charge on any atom is 0.306 e. The third kappa shape index (κ3) is 2.08. The first-order valence-electron chi connectivity index (χ1n) is 7.12. The molecule has 2 aromatic rings. The first-order valence-corrected chi connectivity index (χ1v) is 9.57. The molecule has 1 aromatic carbocycles. The average molecular weight is 337 g/mol. The van der Waals surface area contributed by atoms with Crippen molar-refractivity contribution < 1.29 is 15.0 Å². The van der Waals surface area contributed by atoms with Crippen molar-refractivity contribution in [3.63, 3.8) is 0 Å². The molecule has 3 rings (SSSR count). The zero-order valence-electron chi connectivity index (χ0n) is 12.5. The van der Waals surface area contributed by atoms with Crippen molar-refractivity contribution in [2.24, 2.45) is 0 Å². The average Bonchev–Trinajstić information content (AvgIpc) is 2.85. The van der Waals surface area contributed by atoms with Gasteiger partial charge in [0.05, 0.1) is 6.42 Å².